The largest absolute Gasteiger partial charge is 0.381 e. The van der Waals surface area contributed by atoms with Crippen LogP contribution in [0.1, 0.15) is 12.8 Å². The van der Waals surface area contributed by atoms with E-state index in [1.54, 1.807) is 7.11 Å². The fourth-order valence-electron chi connectivity index (χ4n) is 2.55. The van der Waals surface area contributed by atoms with Gasteiger partial charge in [0.2, 0.25) is 10.0 Å². The number of methoxy groups -OCH3 is 1. The molecular weight excluding hydrogens is 319 g/mol. The van der Waals surface area contributed by atoms with E-state index in [4.69, 9.17) is 22.1 Å². The number of nitrogens with zero attached hydrogens (tertiary/aromatic N) is 1. The fraction of sp³-hybridized carbons (Fsp3) is 0.538. The van der Waals surface area contributed by atoms with Crippen LogP contribution in [0, 0.1) is 5.82 Å². The van der Waals surface area contributed by atoms with Gasteiger partial charge in [0, 0.05) is 31.3 Å². The number of rotatable bonds is 4. The third-order valence-corrected chi connectivity index (χ3v) is 5.92. The van der Waals surface area contributed by atoms with Crippen LogP contribution in [0.25, 0.3) is 0 Å². The molecule has 1 fully saturated rings. The Bertz CT molecular complexity index is 611. The van der Waals surface area contributed by atoms with Gasteiger partial charge in [0.1, 0.15) is 10.7 Å². The van der Waals surface area contributed by atoms with E-state index in [1.165, 1.54) is 16.4 Å². The van der Waals surface area contributed by atoms with E-state index in [2.05, 4.69) is 0 Å². The lowest BCUT2D eigenvalue weighted by atomic mass is 10.0. The number of ether oxygens (including phenoxy) is 1. The molecule has 0 radical (unpaired) electrons. The number of piperidine rings is 1. The molecule has 0 saturated carbocycles. The van der Waals surface area contributed by atoms with Crippen molar-refractivity contribution in [3.05, 3.63) is 29.0 Å². The molecule has 0 spiro atoms. The molecule has 5 nitrogen and oxygen atoms in total. The minimum Gasteiger partial charge on any atom is -0.381 e. The first-order chi connectivity index (χ1) is 9.90. The Morgan fingerprint density at radius 2 is 2.24 bits per heavy atom. The van der Waals surface area contributed by atoms with Gasteiger partial charge in [-0.05, 0) is 31.0 Å². The lowest BCUT2D eigenvalue weighted by Crippen LogP contribution is -2.51. The molecule has 1 aromatic rings. The zero-order chi connectivity index (χ0) is 15.6. The van der Waals surface area contributed by atoms with E-state index in [1.807, 2.05) is 0 Å². The molecule has 2 atom stereocenters. The maximum Gasteiger partial charge on any atom is 0.246 e. The van der Waals surface area contributed by atoms with Gasteiger partial charge >= 0.3 is 0 Å². The normalized spacial score (nSPS) is 24.2. The first-order valence-corrected chi connectivity index (χ1v) is 8.41. The number of hydrogen-bond acceptors (Lipinski definition) is 4. The van der Waals surface area contributed by atoms with Crippen molar-refractivity contribution in [1.29, 1.82) is 0 Å². The van der Waals surface area contributed by atoms with E-state index in [-0.39, 0.29) is 29.1 Å². The van der Waals surface area contributed by atoms with Crippen LogP contribution in [0.4, 0.5) is 4.39 Å². The Morgan fingerprint density at radius 1 is 1.52 bits per heavy atom. The molecule has 1 heterocycles. The zero-order valence-corrected chi connectivity index (χ0v) is 13.2. The van der Waals surface area contributed by atoms with Gasteiger partial charge in [-0.3, -0.25) is 0 Å². The second-order valence-corrected chi connectivity index (χ2v) is 7.26. The molecule has 1 aromatic carbocycles. The van der Waals surface area contributed by atoms with Gasteiger partial charge in [-0.2, -0.15) is 4.31 Å². The van der Waals surface area contributed by atoms with Gasteiger partial charge in [-0.15, -0.1) is 0 Å². The van der Waals surface area contributed by atoms with Crippen molar-refractivity contribution in [1.82, 2.24) is 4.31 Å². The quantitative estimate of drug-likeness (QED) is 0.906. The Morgan fingerprint density at radius 3 is 2.81 bits per heavy atom. The predicted molar refractivity (Wildman–Crippen MR) is 78.2 cm³/mol. The number of hydrogen-bond donors (Lipinski definition) is 1. The average molecular weight is 337 g/mol. The van der Waals surface area contributed by atoms with Crippen molar-refractivity contribution in [3.63, 3.8) is 0 Å². The molecule has 0 aromatic heterocycles. The minimum atomic E-state index is -3.94. The SMILES string of the molecule is COC1CCN(S(=O)(=O)c2ccc(Cl)cc2F)C(CN)C1. The summed E-state index contributed by atoms with van der Waals surface area (Å²) in [7, 11) is -2.35. The molecule has 8 heteroatoms. The van der Waals surface area contributed by atoms with Crippen molar-refractivity contribution in [3.8, 4) is 0 Å². The number of halogens is 2. The first-order valence-electron chi connectivity index (χ1n) is 6.60. The third-order valence-electron chi connectivity index (χ3n) is 3.70. The van der Waals surface area contributed by atoms with Gasteiger partial charge in [0.15, 0.2) is 0 Å². The minimum absolute atomic E-state index is 0.0277. The van der Waals surface area contributed by atoms with Crippen LogP contribution in [0.3, 0.4) is 0 Å². The molecule has 2 rings (SSSR count). The Labute approximate surface area is 128 Å². The smallest absolute Gasteiger partial charge is 0.246 e. The molecule has 2 unspecified atom stereocenters. The van der Waals surface area contributed by atoms with Crippen molar-refractivity contribution in [2.75, 3.05) is 20.2 Å². The van der Waals surface area contributed by atoms with Crippen molar-refractivity contribution >= 4 is 21.6 Å². The van der Waals surface area contributed by atoms with E-state index in [0.717, 1.165) is 6.07 Å². The summed E-state index contributed by atoms with van der Waals surface area (Å²) >= 11 is 5.66. The summed E-state index contributed by atoms with van der Waals surface area (Å²) in [5, 5.41) is 0.153. The van der Waals surface area contributed by atoms with Crippen molar-refractivity contribution in [2.24, 2.45) is 5.73 Å². The highest BCUT2D eigenvalue weighted by molar-refractivity contribution is 7.89. The lowest BCUT2D eigenvalue weighted by molar-refractivity contribution is 0.0401. The van der Waals surface area contributed by atoms with Gasteiger partial charge in [-0.1, -0.05) is 11.6 Å². The molecule has 21 heavy (non-hydrogen) atoms. The Balaban J connectivity index is 2.34. The molecule has 1 saturated heterocycles. The molecule has 118 valence electrons. The number of nitrogens with two attached hydrogens (primary N) is 1. The maximum atomic E-state index is 13.9. The Kier molecular flexibility index (Phi) is 5.21. The molecular formula is C13H18ClFN2O3S. The van der Waals surface area contributed by atoms with Crippen LogP contribution in [-0.4, -0.2) is 45.1 Å². The van der Waals surface area contributed by atoms with Gasteiger partial charge in [0.25, 0.3) is 0 Å². The zero-order valence-electron chi connectivity index (χ0n) is 11.6. The molecule has 0 amide bonds. The summed E-state index contributed by atoms with van der Waals surface area (Å²) in [4.78, 5) is -0.374. The van der Waals surface area contributed by atoms with Gasteiger partial charge < -0.3 is 10.5 Å². The van der Waals surface area contributed by atoms with E-state index < -0.39 is 21.9 Å². The van der Waals surface area contributed by atoms with E-state index in [9.17, 15) is 12.8 Å². The second kappa shape index (κ2) is 6.58. The Hall–Kier alpha value is -0.730. The summed E-state index contributed by atoms with van der Waals surface area (Å²) in [5.41, 5.74) is 5.67. The molecule has 2 N–H and O–H groups in total. The summed E-state index contributed by atoms with van der Waals surface area (Å²) in [6, 6.07) is 3.14. The maximum absolute atomic E-state index is 13.9. The van der Waals surface area contributed by atoms with E-state index in [0.29, 0.717) is 12.8 Å². The fourth-order valence-corrected chi connectivity index (χ4v) is 4.41. The van der Waals surface area contributed by atoms with Gasteiger partial charge in [0.05, 0.1) is 6.10 Å². The van der Waals surface area contributed by atoms with Crippen LogP contribution in [0.15, 0.2) is 23.1 Å². The standard InChI is InChI=1S/C13H18ClFN2O3S/c1-20-11-4-5-17(10(7-11)8-16)21(18,19)13-3-2-9(14)6-12(13)15/h2-3,6,10-11H,4-5,7-8,16H2,1H3. The highest BCUT2D eigenvalue weighted by Gasteiger charge is 2.37. The molecule has 1 aliphatic heterocycles. The molecule has 0 aliphatic carbocycles. The number of sulfonamides is 1. The second-order valence-electron chi connectivity index (χ2n) is 4.96. The van der Waals surface area contributed by atoms with Crippen LogP contribution >= 0.6 is 11.6 Å². The highest BCUT2D eigenvalue weighted by atomic mass is 35.5. The number of benzene rings is 1. The van der Waals surface area contributed by atoms with Crippen LogP contribution < -0.4 is 5.73 Å². The summed E-state index contributed by atoms with van der Waals surface area (Å²) in [6.45, 7) is 0.416. The predicted octanol–water partition coefficient (Wildman–Crippen LogP) is 1.61. The molecule has 0 bridgehead atoms. The summed E-state index contributed by atoms with van der Waals surface area (Å²) in [5.74, 6) is -0.855. The third kappa shape index (κ3) is 3.37. The van der Waals surface area contributed by atoms with Crippen LogP contribution in [-0.2, 0) is 14.8 Å². The van der Waals surface area contributed by atoms with Crippen LogP contribution in [0.5, 0.6) is 0 Å². The topological polar surface area (TPSA) is 72.6 Å². The average Bonchev–Trinajstić information content (AvgIpc) is 2.46. The monoisotopic (exact) mass is 336 g/mol. The van der Waals surface area contributed by atoms with Gasteiger partial charge in [-0.25, -0.2) is 12.8 Å². The summed E-state index contributed by atoms with van der Waals surface area (Å²) < 4.78 is 45.7. The summed E-state index contributed by atoms with van der Waals surface area (Å²) in [6.07, 6.45) is 1.03. The lowest BCUT2D eigenvalue weighted by Gasteiger charge is -2.37. The van der Waals surface area contributed by atoms with Crippen molar-refractivity contribution in [2.45, 2.75) is 29.9 Å². The highest BCUT2D eigenvalue weighted by Crippen LogP contribution is 2.28. The molecule has 1 aliphatic rings. The van der Waals surface area contributed by atoms with E-state index >= 15 is 0 Å². The first kappa shape index (κ1) is 16.6. The van der Waals surface area contributed by atoms with Crippen molar-refractivity contribution < 1.29 is 17.5 Å². The van der Waals surface area contributed by atoms with Crippen LogP contribution in [0.2, 0.25) is 5.02 Å².